The second kappa shape index (κ2) is 9.99. The summed E-state index contributed by atoms with van der Waals surface area (Å²) < 4.78 is 22.8. The van der Waals surface area contributed by atoms with E-state index in [0.29, 0.717) is 12.5 Å². The molecule has 0 bridgehead atoms. The summed E-state index contributed by atoms with van der Waals surface area (Å²) in [4.78, 5) is 4.25. The number of guanidine groups is 1. The van der Waals surface area contributed by atoms with E-state index >= 15 is 0 Å². The molecule has 0 aliphatic heterocycles. The molecule has 0 aromatic heterocycles. The third-order valence-corrected chi connectivity index (χ3v) is 3.63. The lowest BCUT2D eigenvalue weighted by molar-refractivity contribution is 0.601. The molecule has 0 fully saturated rings. The Hall–Kier alpha value is -0.830. The Balaban J connectivity index is 0.00000400. The fourth-order valence-electron chi connectivity index (χ4n) is 1.75. The van der Waals surface area contributed by atoms with E-state index in [9.17, 15) is 8.42 Å². The molecule has 0 radical (unpaired) electrons. The molecule has 7 heteroatoms. The van der Waals surface area contributed by atoms with Crippen LogP contribution in [0, 0.1) is 0 Å². The van der Waals surface area contributed by atoms with Crippen LogP contribution in [0.4, 0.5) is 0 Å². The molecule has 1 aromatic rings. The molecule has 0 spiro atoms. The molecule has 0 aliphatic rings. The van der Waals surface area contributed by atoms with Gasteiger partial charge in [0.1, 0.15) is 0 Å². The maximum absolute atomic E-state index is 11.4. The second-order valence-electron chi connectivity index (χ2n) is 4.82. The van der Waals surface area contributed by atoms with Gasteiger partial charge in [0.25, 0.3) is 0 Å². The summed E-state index contributed by atoms with van der Waals surface area (Å²) >= 11 is 0. The first-order chi connectivity index (χ1) is 9.42. The van der Waals surface area contributed by atoms with Crippen LogP contribution in [-0.4, -0.2) is 27.2 Å². The number of hydrogen-bond acceptors (Lipinski definition) is 3. The SMILES string of the molecule is CCCCNC(N)=NCc1ccccc1CS(C)(=O)=O.I. The van der Waals surface area contributed by atoms with Crippen molar-refractivity contribution in [3.05, 3.63) is 35.4 Å². The Morgan fingerprint density at radius 2 is 1.90 bits per heavy atom. The first-order valence-electron chi connectivity index (χ1n) is 6.70. The smallest absolute Gasteiger partial charge is 0.188 e. The Morgan fingerprint density at radius 1 is 1.29 bits per heavy atom. The molecule has 0 saturated carbocycles. The van der Waals surface area contributed by atoms with E-state index in [1.807, 2.05) is 24.3 Å². The molecule has 120 valence electrons. The van der Waals surface area contributed by atoms with Gasteiger partial charge in [0.2, 0.25) is 0 Å². The molecule has 0 amide bonds. The van der Waals surface area contributed by atoms with Crippen LogP contribution in [0.1, 0.15) is 30.9 Å². The Morgan fingerprint density at radius 3 is 2.48 bits per heavy atom. The number of benzene rings is 1. The molecular formula is C14H24IN3O2S. The predicted octanol–water partition coefficient (Wildman–Crippen LogP) is 2.05. The quantitative estimate of drug-likeness (QED) is 0.303. The van der Waals surface area contributed by atoms with Crippen LogP contribution in [0.15, 0.2) is 29.3 Å². The highest BCUT2D eigenvalue weighted by Crippen LogP contribution is 2.13. The van der Waals surface area contributed by atoms with Gasteiger partial charge in [-0.25, -0.2) is 13.4 Å². The number of unbranched alkanes of at least 4 members (excludes halogenated alkanes) is 1. The van der Waals surface area contributed by atoms with Crippen molar-refractivity contribution in [1.29, 1.82) is 0 Å². The standard InChI is InChI=1S/C14H23N3O2S.HI/c1-3-4-9-16-14(15)17-10-12-7-5-6-8-13(12)11-20(2,18)19;/h5-8H,3-4,9-11H2,1-2H3,(H3,15,16,17);1H. The van der Waals surface area contributed by atoms with Crippen molar-refractivity contribution >= 4 is 39.8 Å². The third kappa shape index (κ3) is 8.92. The van der Waals surface area contributed by atoms with E-state index in [1.165, 1.54) is 6.26 Å². The van der Waals surface area contributed by atoms with Crippen molar-refractivity contribution < 1.29 is 8.42 Å². The van der Waals surface area contributed by atoms with Gasteiger partial charge in [0, 0.05) is 12.8 Å². The minimum absolute atomic E-state index is 0. The largest absolute Gasteiger partial charge is 0.370 e. The van der Waals surface area contributed by atoms with Crippen molar-refractivity contribution in [3.63, 3.8) is 0 Å². The van der Waals surface area contributed by atoms with Gasteiger partial charge in [-0.05, 0) is 17.5 Å². The number of halogens is 1. The lowest BCUT2D eigenvalue weighted by Gasteiger charge is -2.08. The van der Waals surface area contributed by atoms with Crippen LogP contribution < -0.4 is 11.1 Å². The van der Waals surface area contributed by atoms with E-state index in [1.54, 1.807) is 0 Å². The molecule has 0 saturated heterocycles. The number of sulfone groups is 1. The van der Waals surface area contributed by atoms with Crippen molar-refractivity contribution in [2.75, 3.05) is 12.8 Å². The van der Waals surface area contributed by atoms with Gasteiger partial charge >= 0.3 is 0 Å². The molecule has 1 aromatic carbocycles. The van der Waals surface area contributed by atoms with Crippen LogP contribution in [0.25, 0.3) is 0 Å². The van der Waals surface area contributed by atoms with Gasteiger partial charge in [0.15, 0.2) is 15.8 Å². The summed E-state index contributed by atoms with van der Waals surface area (Å²) in [6, 6.07) is 7.39. The van der Waals surface area contributed by atoms with E-state index < -0.39 is 9.84 Å². The first kappa shape index (κ1) is 20.2. The monoisotopic (exact) mass is 425 g/mol. The highest BCUT2D eigenvalue weighted by Gasteiger charge is 2.08. The Bertz CT molecular complexity index is 559. The highest BCUT2D eigenvalue weighted by atomic mass is 127. The van der Waals surface area contributed by atoms with Crippen molar-refractivity contribution in [3.8, 4) is 0 Å². The summed E-state index contributed by atoms with van der Waals surface area (Å²) in [5, 5.41) is 3.03. The van der Waals surface area contributed by atoms with Gasteiger partial charge in [-0.2, -0.15) is 0 Å². The summed E-state index contributed by atoms with van der Waals surface area (Å²) in [6.07, 6.45) is 3.37. The molecule has 5 nitrogen and oxygen atoms in total. The molecule has 1 rings (SSSR count). The number of hydrogen-bond donors (Lipinski definition) is 2. The number of nitrogens with zero attached hydrogens (tertiary/aromatic N) is 1. The lowest BCUT2D eigenvalue weighted by Crippen LogP contribution is -2.32. The average molecular weight is 425 g/mol. The van der Waals surface area contributed by atoms with Crippen LogP contribution >= 0.6 is 24.0 Å². The normalized spacial score (nSPS) is 11.8. The van der Waals surface area contributed by atoms with Crippen molar-refractivity contribution in [2.24, 2.45) is 10.7 Å². The molecule has 3 N–H and O–H groups in total. The Kier molecular flexibility index (Phi) is 9.60. The van der Waals surface area contributed by atoms with Crippen molar-refractivity contribution in [1.82, 2.24) is 5.32 Å². The minimum Gasteiger partial charge on any atom is -0.370 e. The molecule has 0 aliphatic carbocycles. The summed E-state index contributed by atoms with van der Waals surface area (Å²) in [5.41, 5.74) is 7.43. The average Bonchev–Trinajstić information content (AvgIpc) is 2.36. The molecule has 0 atom stereocenters. The van der Waals surface area contributed by atoms with Gasteiger partial charge < -0.3 is 11.1 Å². The molecule has 0 unspecified atom stereocenters. The zero-order chi connectivity index (χ0) is 15.0. The van der Waals surface area contributed by atoms with Crippen LogP contribution in [0.3, 0.4) is 0 Å². The summed E-state index contributed by atoms with van der Waals surface area (Å²) in [5.74, 6) is 0.426. The highest BCUT2D eigenvalue weighted by molar-refractivity contribution is 14.0. The molecular weight excluding hydrogens is 401 g/mol. The van der Waals surface area contributed by atoms with E-state index in [4.69, 9.17) is 5.73 Å². The van der Waals surface area contributed by atoms with E-state index in [-0.39, 0.29) is 29.7 Å². The molecule has 21 heavy (non-hydrogen) atoms. The zero-order valence-corrected chi connectivity index (χ0v) is 15.6. The first-order valence-corrected chi connectivity index (χ1v) is 8.76. The summed E-state index contributed by atoms with van der Waals surface area (Å²) in [6.45, 7) is 3.30. The second-order valence-corrected chi connectivity index (χ2v) is 6.96. The number of rotatable bonds is 7. The maximum atomic E-state index is 11.4. The number of nitrogens with two attached hydrogens (primary N) is 1. The van der Waals surface area contributed by atoms with Gasteiger partial charge in [-0.1, -0.05) is 37.6 Å². The fraction of sp³-hybridized carbons (Fsp3) is 0.500. The number of aliphatic imine (C=N–C) groups is 1. The third-order valence-electron chi connectivity index (χ3n) is 2.79. The molecule has 0 heterocycles. The van der Waals surface area contributed by atoms with Crippen LogP contribution in [0.2, 0.25) is 0 Å². The van der Waals surface area contributed by atoms with Crippen LogP contribution in [-0.2, 0) is 22.1 Å². The number of nitrogens with one attached hydrogen (secondary N) is 1. The Labute approximate surface area is 144 Å². The predicted molar refractivity (Wildman–Crippen MR) is 98.6 cm³/mol. The lowest BCUT2D eigenvalue weighted by atomic mass is 10.1. The van der Waals surface area contributed by atoms with Crippen LogP contribution in [0.5, 0.6) is 0 Å². The van der Waals surface area contributed by atoms with Gasteiger partial charge in [-0.3, -0.25) is 0 Å². The fourth-order valence-corrected chi connectivity index (χ4v) is 2.60. The summed E-state index contributed by atoms with van der Waals surface area (Å²) in [7, 11) is -3.05. The zero-order valence-electron chi connectivity index (χ0n) is 12.5. The van der Waals surface area contributed by atoms with Crippen molar-refractivity contribution in [2.45, 2.75) is 32.1 Å². The topological polar surface area (TPSA) is 84.5 Å². The van der Waals surface area contributed by atoms with E-state index in [2.05, 4.69) is 17.2 Å². The van der Waals surface area contributed by atoms with E-state index in [0.717, 1.165) is 30.5 Å². The van der Waals surface area contributed by atoms with Gasteiger partial charge in [-0.15, -0.1) is 24.0 Å². The maximum Gasteiger partial charge on any atom is 0.188 e. The van der Waals surface area contributed by atoms with Gasteiger partial charge in [0.05, 0.1) is 12.3 Å². The minimum atomic E-state index is -3.05.